The highest BCUT2D eigenvalue weighted by Crippen LogP contribution is 1.99. The van der Waals surface area contributed by atoms with Crippen molar-refractivity contribution in [2.24, 2.45) is 0 Å². The van der Waals surface area contributed by atoms with Gasteiger partial charge in [0.15, 0.2) is 0 Å². The second kappa shape index (κ2) is 4.25. The van der Waals surface area contributed by atoms with E-state index in [0.29, 0.717) is 11.1 Å². The summed E-state index contributed by atoms with van der Waals surface area (Å²) in [6.07, 6.45) is 2.36. The second-order valence-electron chi connectivity index (χ2n) is 2.52. The number of aromatic nitrogens is 1. The van der Waals surface area contributed by atoms with Gasteiger partial charge in [0.25, 0.3) is 0 Å². The van der Waals surface area contributed by atoms with Crippen molar-refractivity contribution in [3.63, 3.8) is 0 Å². The van der Waals surface area contributed by atoms with Crippen molar-refractivity contribution >= 4 is 0 Å². The average Bonchev–Trinajstić information content (AvgIpc) is 2.15. The molecule has 0 unspecified atom stereocenters. The molecule has 1 heterocycles. The highest BCUT2D eigenvalue weighted by atomic mass is 16.3. The molecule has 1 atom stereocenters. The van der Waals surface area contributed by atoms with Crippen molar-refractivity contribution in [1.82, 2.24) is 4.98 Å². The van der Waals surface area contributed by atoms with E-state index in [1.165, 1.54) is 6.20 Å². The van der Waals surface area contributed by atoms with Crippen molar-refractivity contribution in [3.8, 4) is 17.9 Å². The number of hydrogen-bond acceptors (Lipinski definition) is 3. The van der Waals surface area contributed by atoms with Gasteiger partial charge in [-0.2, -0.15) is 5.26 Å². The maximum absolute atomic E-state index is 8.88. The Hall–Kier alpha value is -1.84. The maximum Gasteiger partial charge on any atom is 0.112 e. The minimum absolute atomic E-state index is 0.470. The molecule has 0 fully saturated rings. The number of rotatable bonds is 0. The number of nitriles is 1. The van der Waals surface area contributed by atoms with Crippen LogP contribution in [0.1, 0.15) is 18.1 Å². The van der Waals surface area contributed by atoms with Gasteiger partial charge in [-0.3, -0.25) is 4.98 Å². The van der Waals surface area contributed by atoms with Crippen molar-refractivity contribution in [2.75, 3.05) is 0 Å². The third-order valence-electron chi connectivity index (χ3n) is 1.29. The quantitative estimate of drug-likeness (QED) is 0.585. The third-order valence-corrected chi connectivity index (χ3v) is 1.29. The van der Waals surface area contributed by atoms with Gasteiger partial charge in [-0.1, -0.05) is 11.8 Å². The molecule has 0 radical (unpaired) electrons. The number of aliphatic hydroxyl groups is 1. The van der Waals surface area contributed by atoms with Gasteiger partial charge in [0.2, 0.25) is 0 Å². The predicted molar refractivity (Wildman–Crippen MR) is 47.5 cm³/mol. The Morgan fingerprint density at radius 2 is 2.15 bits per heavy atom. The average molecular weight is 172 g/mol. The van der Waals surface area contributed by atoms with Crippen LogP contribution in [-0.4, -0.2) is 16.2 Å². The van der Waals surface area contributed by atoms with Gasteiger partial charge in [0.1, 0.15) is 12.2 Å². The molecule has 13 heavy (non-hydrogen) atoms. The highest BCUT2D eigenvalue weighted by Gasteiger charge is 1.92. The molecular weight excluding hydrogens is 164 g/mol. The highest BCUT2D eigenvalue weighted by molar-refractivity contribution is 5.38. The lowest BCUT2D eigenvalue weighted by Crippen LogP contribution is -1.93. The van der Waals surface area contributed by atoms with Gasteiger partial charge in [-0.05, 0) is 13.0 Å². The Bertz CT molecular complexity index is 393. The summed E-state index contributed by atoms with van der Waals surface area (Å²) >= 11 is 0. The van der Waals surface area contributed by atoms with Crippen LogP contribution in [0.2, 0.25) is 0 Å². The van der Waals surface area contributed by atoms with Crippen LogP contribution in [0.3, 0.4) is 0 Å². The normalized spacial score (nSPS) is 10.8. The fraction of sp³-hybridized carbons (Fsp3) is 0.200. The minimum Gasteiger partial charge on any atom is -0.381 e. The molecule has 64 valence electrons. The fourth-order valence-corrected chi connectivity index (χ4v) is 0.757. The Morgan fingerprint density at radius 1 is 1.46 bits per heavy atom. The first kappa shape index (κ1) is 9.25. The van der Waals surface area contributed by atoms with Crippen LogP contribution in [0, 0.1) is 23.2 Å². The van der Waals surface area contributed by atoms with Gasteiger partial charge >= 0.3 is 0 Å². The van der Waals surface area contributed by atoms with E-state index >= 15 is 0 Å². The summed E-state index contributed by atoms with van der Waals surface area (Å²) in [4.78, 5) is 3.83. The van der Waals surface area contributed by atoms with Gasteiger partial charge in [-0.25, -0.2) is 0 Å². The molecule has 3 nitrogen and oxygen atoms in total. The Kier molecular flexibility index (Phi) is 3.03. The van der Waals surface area contributed by atoms with E-state index in [4.69, 9.17) is 10.4 Å². The fourth-order valence-electron chi connectivity index (χ4n) is 0.757. The topological polar surface area (TPSA) is 56.9 Å². The molecule has 0 amide bonds. The standard InChI is InChI=1S/C10H8N2O/c1-8(13)2-3-9-4-10(5-11)7-12-6-9/h4,6-8,13H,1H3/t8-/m0/s1. The van der Waals surface area contributed by atoms with Crippen LogP contribution >= 0.6 is 0 Å². The molecule has 1 rings (SSSR count). The third kappa shape index (κ3) is 2.94. The van der Waals surface area contributed by atoms with Crippen molar-refractivity contribution < 1.29 is 5.11 Å². The van der Waals surface area contributed by atoms with Crippen molar-refractivity contribution in [2.45, 2.75) is 13.0 Å². The lowest BCUT2D eigenvalue weighted by atomic mass is 10.2. The molecule has 3 heteroatoms. The lowest BCUT2D eigenvalue weighted by molar-refractivity contribution is 0.253. The molecule has 0 spiro atoms. The molecule has 1 N–H and O–H groups in total. The molecule has 0 aromatic carbocycles. The van der Waals surface area contributed by atoms with E-state index in [1.807, 2.05) is 6.07 Å². The number of pyridine rings is 1. The summed E-state index contributed by atoms with van der Waals surface area (Å²) in [5, 5.41) is 17.4. The molecule has 1 aromatic rings. The van der Waals surface area contributed by atoms with Crippen LogP contribution in [0.15, 0.2) is 18.5 Å². The summed E-state index contributed by atoms with van der Waals surface area (Å²) in [5.41, 5.74) is 1.11. The van der Waals surface area contributed by atoms with Crippen LogP contribution < -0.4 is 0 Å². The number of aliphatic hydroxyl groups excluding tert-OH is 1. The van der Waals surface area contributed by atoms with Gasteiger partial charge in [-0.15, -0.1) is 0 Å². The molecular formula is C10H8N2O. The largest absolute Gasteiger partial charge is 0.381 e. The summed E-state index contributed by atoms with van der Waals surface area (Å²) in [6.45, 7) is 1.58. The zero-order valence-electron chi connectivity index (χ0n) is 7.15. The zero-order valence-corrected chi connectivity index (χ0v) is 7.15. The molecule has 0 aliphatic rings. The molecule has 0 bridgehead atoms. The zero-order chi connectivity index (χ0) is 9.68. The Labute approximate surface area is 76.7 Å². The second-order valence-corrected chi connectivity index (χ2v) is 2.52. The van der Waals surface area contributed by atoms with Crippen molar-refractivity contribution in [1.29, 1.82) is 5.26 Å². The first-order valence-electron chi connectivity index (χ1n) is 3.77. The SMILES string of the molecule is C[C@H](O)C#Cc1cncc(C#N)c1. The van der Waals surface area contributed by atoms with Crippen LogP contribution in [0.5, 0.6) is 0 Å². The molecule has 0 aliphatic heterocycles. The van der Waals surface area contributed by atoms with Crippen LogP contribution in [0.25, 0.3) is 0 Å². The Morgan fingerprint density at radius 3 is 2.77 bits per heavy atom. The van der Waals surface area contributed by atoms with E-state index in [1.54, 1.807) is 19.2 Å². The predicted octanol–water partition coefficient (Wildman–Crippen LogP) is 0.686. The summed E-state index contributed by atoms with van der Waals surface area (Å²) in [6, 6.07) is 3.59. The van der Waals surface area contributed by atoms with Gasteiger partial charge in [0.05, 0.1) is 5.56 Å². The van der Waals surface area contributed by atoms with E-state index in [0.717, 1.165) is 0 Å². The van der Waals surface area contributed by atoms with E-state index in [9.17, 15) is 0 Å². The summed E-state index contributed by atoms with van der Waals surface area (Å²) < 4.78 is 0. The van der Waals surface area contributed by atoms with Crippen molar-refractivity contribution in [3.05, 3.63) is 29.6 Å². The summed E-state index contributed by atoms with van der Waals surface area (Å²) in [5.74, 6) is 5.27. The smallest absolute Gasteiger partial charge is 0.112 e. The van der Waals surface area contributed by atoms with Crippen LogP contribution in [-0.2, 0) is 0 Å². The number of nitrogens with zero attached hydrogens (tertiary/aromatic N) is 2. The van der Waals surface area contributed by atoms with E-state index < -0.39 is 6.10 Å². The minimum atomic E-state index is -0.661. The van der Waals surface area contributed by atoms with E-state index in [-0.39, 0.29) is 0 Å². The Balaban J connectivity index is 2.93. The van der Waals surface area contributed by atoms with Gasteiger partial charge < -0.3 is 5.11 Å². The number of hydrogen-bond donors (Lipinski definition) is 1. The molecule has 0 aliphatic carbocycles. The monoisotopic (exact) mass is 172 g/mol. The molecule has 0 saturated carbocycles. The summed E-state index contributed by atoms with van der Waals surface area (Å²) in [7, 11) is 0. The first-order valence-corrected chi connectivity index (χ1v) is 3.77. The lowest BCUT2D eigenvalue weighted by Gasteiger charge is -1.90. The van der Waals surface area contributed by atoms with Crippen LogP contribution in [0.4, 0.5) is 0 Å². The van der Waals surface area contributed by atoms with Gasteiger partial charge in [0, 0.05) is 18.0 Å². The molecule has 1 aromatic heterocycles. The maximum atomic E-state index is 8.88. The van der Waals surface area contributed by atoms with E-state index in [2.05, 4.69) is 16.8 Å². The molecule has 0 saturated heterocycles. The first-order chi connectivity index (χ1) is 6.22.